The van der Waals surface area contributed by atoms with Gasteiger partial charge in [0.15, 0.2) is 0 Å². The van der Waals surface area contributed by atoms with Gasteiger partial charge < -0.3 is 15.2 Å². The van der Waals surface area contributed by atoms with Crippen molar-refractivity contribution in [1.82, 2.24) is 9.88 Å². The summed E-state index contributed by atoms with van der Waals surface area (Å²) in [4.78, 5) is 30.6. The number of fused-ring (bicyclic) bond motifs is 2. The molecular weight excluding hydrogens is 326 g/mol. The molecular formula is C21H21N3O2. The molecule has 2 aromatic carbocycles. The molecule has 0 saturated carbocycles. The van der Waals surface area contributed by atoms with E-state index in [0.717, 1.165) is 22.2 Å². The van der Waals surface area contributed by atoms with E-state index < -0.39 is 6.04 Å². The summed E-state index contributed by atoms with van der Waals surface area (Å²) in [5.41, 5.74) is 3.43. The first kappa shape index (κ1) is 16.4. The second kappa shape index (κ2) is 6.33. The van der Waals surface area contributed by atoms with E-state index in [0.29, 0.717) is 12.1 Å². The van der Waals surface area contributed by atoms with Gasteiger partial charge >= 0.3 is 0 Å². The van der Waals surface area contributed by atoms with Crippen LogP contribution in [-0.4, -0.2) is 27.7 Å². The average Bonchev–Trinajstić information content (AvgIpc) is 3.20. The lowest BCUT2D eigenvalue weighted by Gasteiger charge is -2.30. The summed E-state index contributed by atoms with van der Waals surface area (Å²) >= 11 is 0. The van der Waals surface area contributed by atoms with E-state index in [1.54, 1.807) is 4.90 Å². The minimum absolute atomic E-state index is 0.00394. The molecule has 0 fully saturated rings. The molecule has 26 heavy (non-hydrogen) atoms. The third-order valence-electron chi connectivity index (χ3n) is 4.91. The number of anilines is 1. The van der Waals surface area contributed by atoms with Crippen LogP contribution >= 0.6 is 0 Å². The van der Waals surface area contributed by atoms with Gasteiger partial charge in [0.25, 0.3) is 5.91 Å². The highest BCUT2D eigenvalue weighted by atomic mass is 16.2. The van der Waals surface area contributed by atoms with Crippen molar-refractivity contribution in [3.05, 3.63) is 65.9 Å². The monoisotopic (exact) mass is 347 g/mol. The molecule has 1 aliphatic rings. The van der Waals surface area contributed by atoms with Crippen LogP contribution < -0.4 is 5.32 Å². The van der Waals surface area contributed by atoms with Crippen molar-refractivity contribution in [3.8, 4) is 0 Å². The number of nitrogens with one attached hydrogen (secondary N) is 2. The maximum Gasteiger partial charge on any atom is 0.255 e. The largest absolute Gasteiger partial charge is 0.361 e. The third-order valence-corrected chi connectivity index (χ3v) is 4.91. The Bertz CT molecular complexity index is 990. The minimum atomic E-state index is -0.517. The predicted octanol–water partition coefficient (Wildman–Crippen LogP) is 3.79. The average molecular weight is 347 g/mol. The van der Waals surface area contributed by atoms with Gasteiger partial charge in [0.1, 0.15) is 6.04 Å². The van der Waals surface area contributed by atoms with E-state index in [4.69, 9.17) is 0 Å². The summed E-state index contributed by atoms with van der Waals surface area (Å²) in [7, 11) is 0. The van der Waals surface area contributed by atoms with Gasteiger partial charge in [-0.3, -0.25) is 9.59 Å². The molecule has 0 unspecified atom stereocenters. The molecule has 0 saturated heterocycles. The lowest BCUT2D eigenvalue weighted by molar-refractivity contribution is -0.122. The Morgan fingerprint density at radius 3 is 2.73 bits per heavy atom. The molecule has 2 heterocycles. The molecule has 0 aliphatic carbocycles. The van der Waals surface area contributed by atoms with Crippen molar-refractivity contribution in [2.24, 2.45) is 5.92 Å². The summed E-state index contributed by atoms with van der Waals surface area (Å²) in [6.07, 6.45) is 1.87. The lowest BCUT2D eigenvalue weighted by atomic mass is 10.0. The van der Waals surface area contributed by atoms with Crippen molar-refractivity contribution in [1.29, 1.82) is 0 Å². The predicted molar refractivity (Wildman–Crippen MR) is 102 cm³/mol. The molecule has 0 radical (unpaired) electrons. The number of carbonyl (C=O) groups excluding carboxylic acids is 2. The molecule has 132 valence electrons. The Morgan fingerprint density at radius 1 is 1.15 bits per heavy atom. The van der Waals surface area contributed by atoms with Gasteiger partial charge in [-0.25, -0.2) is 0 Å². The van der Waals surface area contributed by atoms with Crippen LogP contribution in [0.4, 0.5) is 5.69 Å². The first-order valence-electron chi connectivity index (χ1n) is 8.81. The second-order valence-corrected chi connectivity index (χ2v) is 7.05. The summed E-state index contributed by atoms with van der Waals surface area (Å²) in [6.45, 7) is 4.41. The number of amides is 2. The number of nitrogens with zero attached hydrogens (tertiary/aromatic N) is 1. The van der Waals surface area contributed by atoms with Crippen LogP contribution in [0.2, 0.25) is 0 Å². The zero-order chi connectivity index (χ0) is 18.3. The minimum Gasteiger partial charge on any atom is -0.361 e. The van der Waals surface area contributed by atoms with Gasteiger partial charge in [0.2, 0.25) is 5.91 Å². The smallest absolute Gasteiger partial charge is 0.255 e. The molecule has 5 heteroatoms. The SMILES string of the molecule is CC(C)[C@@H](C(=O)Nc1ccc2[nH]ccc2c1)N1Cc2ccccc2C1=O. The first-order valence-corrected chi connectivity index (χ1v) is 8.81. The molecule has 2 N–H and O–H groups in total. The fourth-order valence-electron chi connectivity index (χ4n) is 3.65. The zero-order valence-corrected chi connectivity index (χ0v) is 14.8. The van der Waals surface area contributed by atoms with Crippen molar-refractivity contribution >= 4 is 28.4 Å². The highest BCUT2D eigenvalue weighted by Gasteiger charge is 2.37. The van der Waals surface area contributed by atoms with Crippen molar-refractivity contribution in [2.45, 2.75) is 26.4 Å². The first-order chi connectivity index (χ1) is 12.5. The lowest BCUT2D eigenvalue weighted by Crippen LogP contribution is -2.47. The quantitative estimate of drug-likeness (QED) is 0.754. The molecule has 4 rings (SSSR count). The van der Waals surface area contributed by atoms with Gasteiger partial charge in [-0.2, -0.15) is 0 Å². The molecule has 1 aliphatic heterocycles. The normalized spacial score (nSPS) is 14.7. The van der Waals surface area contributed by atoms with Gasteiger partial charge in [-0.15, -0.1) is 0 Å². The van der Waals surface area contributed by atoms with E-state index in [9.17, 15) is 9.59 Å². The van der Waals surface area contributed by atoms with Crippen LogP contribution in [0.15, 0.2) is 54.7 Å². The molecule has 3 aromatic rings. The Morgan fingerprint density at radius 2 is 1.96 bits per heavy atom. The Labute approximate surface area is 152 Å². The van der Waals surface area contributed by atoms with E-state index >= 15 is 0 Å². The Balaban J connectivity index is 1.58. The van der Waals surface area contributed by atoms with Gasteiger partial charge in [0.05, 0.1) is 0 Å². The highest BCUT2D eigenvalue weighted by molar-refractivity contribution is 6.04. The van der Waals surface area contributed by atoms with Crippen molar-refractivity contribution in [2.75, 3.05) is 5.32 Å². The van der Waals surface area contributed by atoms with Crippen molar-refractivity contribution in [3.63, 3.8) is 0 Å². The van der Waals surface area contributed by atoms with E-state index in [1.165, 1.54) is 0 Å². The molecule has 0 spiro atoms. The third kappa shape index (κ3) is 2.75. The van der Waals surface area contributed by atoms with Crippen molar-refractivity contribution < 1.29 is 9.59 Å². The molecule has 2 amide bonds. The highest BCUT2D eigenvalue weighted by Crippen LogP contribution is 2.28. The number of rotatable bonds is 4. The van der Waals surface area contributed by atoms with Gasteiger partial charge in [-0.05, 0) is 41.8 Å². The Hall–Kier alpha value is -3.08. The maximum atomic E-state index is 13.0. The summed E-state index contributed by atoms with van der Waals surface area (Å²) in [5, 5.41) is 4.02. The number of aromatic amines is 1. The molecule has 1 atom stereocenters. The maximum absolute atomic E-state index is 13.0. The summed E-state index contributed by atoms with van der Waals surface area (Å²) in [5.74, 6) is -0.226. The van der Waals surface area contributed by atoms with Gasteiger partial charge in [0, 0.05) is 34.9 Å². The zero-order valence-electron chi connectivity index (χ0n) is 14.8. The topological polar surface area (TPSA) is 65.2 Å². The molecule has 5 nitrogen and oxygen atoms in total. The number of aromatic nitrogens is 1. The Kier molecular flexibility index (Phi) is 3.99. The second-order valence-electron chi connectivity index (χ2n) is 7.05. The number of benzene rings is 2. The molecule has 1 aromatic heterocycles. The van der Waals surface area contributed by atoms with Crippen LogP contribution in [0.5, 0.6) is 0 Å². The van der Waals surface area contributed by atoms with Crippen LogP contribution in [0.1, 0.15) is 29.8 Å². The fourth-order valence-corrected chi connectivity index (χ4v) is 3.65. The van der Waals surface area contributed by atoms with E-state index in [-0.39, 0.29) is 17.7 Å². The van der Waals surface area contributed by atoms with Crippen LogP contribution in [0.25, 0.3) is 10.9 Å². The number of hydrogen-bond acceptors (Lipinski definition) is 2. The van der Waals surface area contributed by atoms with Crippen LogP contribution in [0, 0.1) is 5.92 Å². The fraction of sp³-hybridized carbons (Fsp3) is 0.238. The molecule has 0 bridgehead atoms. The summed E-state index contributed by atoms with van der Waals surface area (Å²) in [6, 6.07) is 14.7. The van der Waals surface area contributed by atoms with Gasteiger partial charge in [-0.1, -0.05) is 32.0 Å². The van der Waals surface area contributed by atoms with Crippen LogP contribution in [0.3, 0.4) is 0 Å². The van der Waals surface area contributed by atoms with E-state index in [1.807, 2.05) is 68.6 Å². The van der Waals surface area contributed by atoms with E-state index in [2.05, 4.69) is 10.3 Å². The number of H-pyrrole nitrogens is 1. The standard InChI is InChI=1S/C21H21N3O2/c1-13(2)19(24-12-15-5-3-4-6-17(15)21(24)26)20(25)23-16-7-8-18-14(11-16)9-10-22-18/h3-11,13,19,22H,12H2,1-2H3,(H,23,25)/t19-/m0/s1. The number of carbonyl (C=O) groups is 2. The van der Waals surface area contributed by atoms with Crippen LogP contribution in [-0.2, 0) is 11.3 Å². The summed E-state index contributed by atoms with van der Waals surface area (Å²) < 4.78 is 0. The number of hydrogen-bond donors (Lipinski definition) is 2.